The van der Waals surface area contributed by atoms with Crippen LogP contribution in [-0.4, -0.2) is 62.2 Å². The highest BCUT2D eigenvalue weighted by Gasteiger charge is 2.54. The third-order valence-corrected chi connectivity index (χ3v) is 5.46. The van der Waals surface area contributed by atoms with Crippen LogP contribution in [0.25, 0.3) is 0 Å². The Morgan fingerprint density at radius 1 is 1.05 bits per heavy atom. The summed E-state index contributed by atoms with van der Waals surface area (Å²) >= 11 is 0. The van der Waals surface area contributed by atoms with Crippen LogP contribution in [0.3, 0.4) is 0 Å². The van der Waals surface area contributed by atoms with Gasteiger partial charge in [0.15, 0.2) is 0 Å². The van der Waals surface area contributed by atoms with E-state index in [0.29, 0.717) is 6.04 Å². The maximum absolute atomic E-state index is 3.66. The van der Waals surface area contributed by atoms with E-state index in [0.717, 1.165) is 5.92 Å². The molecule has 0 saturated carbocycles. The molecule has 0 spiro atoms. The van der Waals surface area contributed by atoms with E-state index in [2.05, 4.69) is 52.5 Å². The van der Waals surface area contributed by atoms with Crippen LogP contribution in [0.1, 0.15) is 5.56 Å². The van der Waals surface area contributed by atoms with Crippen molar-refractivity contribution in [3.05, 3.63) is 35.9 Å². The molecule has 1 aromatic carbocycles. The predicted molar refractivity (Wildman–Crippen MR) is 77.3 cm³/mol. The highest BCUT2D eigenvalue weighted by molar-refractivity contribution is 5.33. The Labute approximate surface area is 115 Å². The number of benzene rings is 1. The van der Waals surface area contributed by atoms with Gasteiger partial charge in [-0.1, -0.05) is 30.3 Å². The second-order valence-corrected chi connectivity index (χ2v) is 6.52. The number of fused-ring (bicyclic) bond motifs is 1. The molecule has 3 atom stereocenters. The molecule has 0 radical (unpaired) electrons. The van der Waals surface area contributed by atoms with E-state index in [1.165, 1.54) is 44.8 Å². The largest absolute Gasteiger partial charge is 0.316 e. The molecule has 4 aliphatic rings. The van der Waals surface area contributed by atoms with Crippen LogP contribution >= 0.6 is 0 Å². The summed E-state index contributed by atoms with van der Waals surface area (Å²) in [6.07, 6.45) is 0. The summed E-state index contributed by atoms with van der Waals surface area (Å²) < 4.78 is 0. The molecule has 0 aliphatic carbocycles. The van der Waals surface area contributed by atoms with E-state index < -0.39 is 0 Å². The lowest BCUT2D eigenvalue weighted by Gasteiger charge is -2.55. The summed E-state index contributed by atoms with van der Waals surface area (Å²) in [5.74, 6) is 0.773. The van der Waals surface area contributed by atoms with Crippen LogP contribution in [0, 0.1) is 5.92 Å². The Morgan fingerprint density at radius 3 is 2.26 bits per heavy atom. The zero-order valence-electron chi connectivity index (χ0n) is 11.7. The van der Waals surface area contributed by atoms with E-state index in [1.807, 2.05) is 0 Å². The van der Waals surface area contributed by atoms with Gasteiger partial charge >= 0.3 is 0 Å². The Kier molecular flexibility index (Phi) is 2.69. The predicted octanol–water partition coefficient (Wildman–Crippen LogP) is 0.773. The van der Waals surface area contributed by atoms with Crippen molar-refractivity contribution in [2.45, 2.75) is 11.5 Å². The molecule has 5 rings (SSSR count). The first-order chi connectivity index (χ1) is 9.32. The Balaban J connectivity index is 1.83. The van der Waals surface area contributed by atoms with E-state index >= 15 is 0 Å². The molecule has 0 aromatic heterocycles. The summed E-state index contributed by atoms with van der Waals surface area (Å²) in [6, 6.07) is 11.8. The lowest BCUT2D eigenvalue weighted by Crippen LogP contribution is -2.69. The number of piperidine rings is 2. The van der Waals surface area contributed by atoms with Crippen LogP contribution < -0.4 is 5.32 Å². The lowest BCUT2D eigenvalue weighted by molar-refractivity contribution is 0.0217. The van der Waals surface area contributed by atoms with Crippen molar-refractivity contribution in [3.8, 4) is 0 Å². The molecule has 4 aliphatic heterocycles. The van der Waals surface area contributed by atoms with Crippen LogP contribution in [0.15, 0.2) is 30.3 Å². The number of nitrogens with one attached hydrogen (secondary N) is 1. The van der Waals surface area contributed by atoms with Crippen LogP contribution in [0.4, 0.5) is 0 Å². The topological polar surface area (TPSA) is 18.5 Å². The van der Waals surface area contributed by atoms with Crippen molar-refractivity contribution in [1.29, 1.82) is 0 Å². The monoisotopic (exact) mass is 257 g/mol. The molecular weight excluding hydrogens is 234 g/mol. The highest BCUT2D eigenvalue weighted by atomic mass is 15.3. The molecule has 4 saturated heterocycles. The number of hydrogen-bond donors (Lipinski definition) is 1. The molecule has 1 N–H and O–H groups in total. The second kappa shape index (κ2) is 4.30. The number of rotatable bonds is 2. The van der Waals surface area contributed by atoms with Crippen molar-refractivity contribution < 1.29 is 0 Å². The molecule has 3 heteroatoms. The maximum atomic E-state index is 3.66. The van der Waals surface area contributed by atoms with Gasteiger partial charge in [-0.3, -0.25) is 0 Å². The van der Waals surface area contributed by atoms with Crippen molar-refractivity contribution in [2.24, 2.45) is 5.92 Å². The minimum absolute atomic E-state index is 0.285. The van der Waals surface area contributed by atoms with Crippen molar-refractivity contribution in [2.75, 3.05) is 46.3 Å². The van der Waals surface area contributed by atoms with Crippen LogP contribution in [0.2, 0.25) is 0 Å². The molecule has 4 bridgehead atoms. The zero-order valence-corrected chi connectivity index (χ0v) is 11.7. The van der Waals surface area contributed by atoms with Gasteiger partial charge in [0.2, 0.25) is 0 Å². The minimum Gasteiger partial charge on any atom is -0.316 e. The van der Waals surface area contributed by atoms with E-state index in [-0.39, 0.29) is 5.41 Å². The van der Waals surface area contributed by atoms with Gasteiger partial charge in [0.25, 0.3) is 0 Å². The van der Waals surface area contributed by atoms with Gasteiger partial charge in [-0.2, -0.15) is 0 Å². The molecule has 4 heterocycles. The Bertz CT molecular complexity index is 442. The Hall–Kier alpha value is -0.900. The zero-order chi connectivity index (χ0) is 12.9. The summed E-state index contributed by atoms with van der Waals surface area (Å²) in [5, 5.41) is 3.66. The smallest absolute Gasteiger partial charge is 0.0364 e. The molecule has 102 valence electrons. The highest BCUT2D eigenvalue weighted by Crippen LogP contribution is 2.42. The molecule has 3 nitrogen and oxygen atoms in total. The third-order valence-electron chi connectivity index (χ3n) is 5.46. The number of hydrogen-bond acceptors (Lipinski definition) is 3. The molecule has 0 amide bonds. The molecule has 3 unspecified atom stereocenters. The van der Waals surface area contributed by atoms with Gasteiger partial charge in [0.1, 0.15) is 0 Å². The van der Waals surface area contributed by atoms with Crippen molar-refractivity contribution in [1.82, 2.24) is 15.1 Å². The maximum Gasteiger partial charge on any atom is 0.0364 e. The average molecular weight is 257 g/mol. The summed E-state index contributed by atoms with van der Waals surface area (Å²) in [5.41, 5.74) is 1.81. The lowest BCUT2D eigenvalue weighted by atomic mass is 9.64. The molecule has 4 fully saturated rings. The number of nitrogens with zero attached hydrogens (tertiary/aromatic N) is 2. The molecular formula is C16H23N3. The Morgan fingerprint density at radius 2 is 1.68 bits per heavy atom. The van der Waals surface area contributed by atoms with E-state index in [9.17, 15) is 0 Å². The normalized spacial score (nSPS) is 44.3. The van der Waals surface area contributed by atoms with Gasteiger partial charge in [0.05, 0.1) is 0 Å². The summed E-state index contributed by atoms with van der Waals surface area (Å²) in [4.78, 5) is 5.39. The summed E-state index contributed by atoms with van der Waals surface area (Å²) in [6.45, 7) is 7.49. The first kappa shape index (κ1) is 11.9. The average Bonchev–Trinajstić information content (AvgIpc) is 2.68. The fourth-order valence-corrected chi connectivity index (χ4v) is 4.82. The van der Waals surface area contributed by atoms with E-state index in [4.69, 9.17) is 0 Å². The quantitative estimate of drug-likeness (QED) is 0.844. The first-order valence-corrected chi connectivity index (χ1v) is 7.49. The SMILES string of the molecule is CNC1C2CN3CCN(C2)CC1(c1ccccc1)C3. The standard InChI is InChI=1S/C16H23N3/c1-17-15-13-9-18-7-8-19(10-13)12-16(15,11-18)14-5-3-2-4-6-14/h2-6,13,15,17H,7-12H2,1H3. The minimum atomic E-state index is 0.285. The van der Waals surface area contributed by atoms with Crippen molar-refractivity contribution in [3.63, 3.8) is 0 Å². The third kappa shape index (κ3) is 1.69. The number of likely N-dealkylation sites (N-methyl/N-ethyl adjacent to an activating group) is 1. The molecule has 1 aromatic rings. The fraction of sp³-hybridized carbons (Fsp3) is 0.625. The van der Waals surface area contributed by atoms with Gasteiger partial charge in [0, 0.05) is 56.6 Å². The van der Waals surface area contributed by atoms with Crippen LogP contribution in [-0.2, 0) is 5.41 Å². The fourth-order valence-electron chi connectivity index (χ4n) is 4.82. The van der Waals surface area contributed by atoms with Gasteiger partial charge < -0.3 is 15.1 Å². The first-order valence-electron chi connectivity index (χ1n) is 7.49. The van der Waals surface area contributed by atoms with E-state index in [1.54, 1.807) is 0 Å². The molecule has 19 heavy (non-hydrogen) atoms. The summed E-state index contributed by atoms with van der Waals surface area (Å²) in [7, 11) is 2.15. The van der Waals surface area contributed by atoms with Gasteiger partial charge in [-0.15, -0.1) is 0 Å². The second-order valence-electron chi connectivity index (χ2n) is 6.52. The van der Waals surface area contributed by atoms with Crippen molar-refractivity contribution >= 4 is 0 Å². The van der Waals surface area contributed by atoms with Gasteiger partial charge in [-0.25, -0.2) is 0 Å². The van der Waals surface area contributed by atoms with Crippen LogP contribution in [0.5, 0.6) is 0 Å². The van der Waals surface area contributed by atoms with Gasteiger partial charge in [-0.05, 0) is 12.6 Å².